The number of aromatic carboxylic acids is 1. The van der Waals surface area contributed by atoms with Gasteiger partial charge >= 0.3 is 5.97 Å². The van der Waals surface area contributed by atoms with Gasteiger partial charge in [0.25, 0.3) is 0 Å². The molecule has 0 aromatic heterocycles. The van der Waals surface area contributed by atoms with Crippen LogP contribution < -0.4 is 4.72 Å². The first-order chi connectivity index (χ1) is 12.6. The molecule has 7 heteroatoms. The second-order valence-electron chi connectivity index (χ2n) is 7.43. The van der Waals surface area contributed by atoms with Crippen LogP contribution in [0.4, 0.5) is 5.69 Å². The highest BCUT2D eigenvalue weighted by Crippen LogP contribution is 2.37. The van der Waals surface area contributed by atoms with E-state index in [1.54, 1.807) is 12.1 Å². The van der Waals surface area contributed by atoms with Crippen molar-refractivity contribution in [3.05, 3.63) is 64.7 Å². The average molecular weight is 387 g/mol. The maximum absolute atomic E-state index is 12.5. The lowest BCUT2D eigenvalue weighted by atomic mass is 9.72. The van der Waals surface area contributed by atoms with Crippen LogP contribution in [-0.2, 0) is 21.2 Å². The molecule has 142 valence electrons. The number of benzene rings is 2. The Balaban J connectivity index is 1.81. The molecule has 27 heavy (non-hydrogen) atoms. The number of hydrogen-bond donors (Lipinski definition) is 2. The van der Waals surface area contributed by atoms with Gasteiger partial charge in [0.15, 0.2) is 5.78 Å². The molecule has 2 N–H and O–H groups in total. The van der Waals surface area contributed by atoms with E-state index >= 15 is 0 Å². The molecule has 2 aromatic rings. The van der Waals surface area contributed by atoms with Gasteiger partial charge in [-0.05, 0) is 47.2 Å². The molecule has 0 atom stereocenters. The van der Waals surface area contributed by atoms with Crippen molar-refractivity contribution in [2.75, 3.05) is 4.72 Å². The number of nitrogens with one attached hydrogen (secondary N) is 1. The van der Waals surface area contributed by atoms with Crippen LogP contribution in [0.2, 0.25) is 0 Å². The highest BCUT2D eigenvalue weighted by Gasteiger charge is 2.31. The summed E-state index contributed by atoms with van der Waals surface area (Å²) in [6.45, 7) is 4.14. The van der Waals surface area contributed by atoms with Crippen molar-refractivity contribution in [3.63, 3.8) is 0 Å². The molecule has 1 aliphatic carbocycles. The highest BCUT2D eigenvalue weighted by atomic mass is 32.2. The number of carbonyl (C=O) groups excluding carboxylic acids is 1. The molecule has 0 fully saturated rings. The highest BCUT2D eigenvalue weighted by molar-refractivity contribution is 7.91. The van der Waals surface area contributed by atoms with Crippen molar-refractivity contribution in [3.8, 4) is 0 Å². The monoisotopic (exact) mass is 387 g/mol. The zero-order valence-corrected chi connectivity index (χ0v) is 16.0. The van der Waals surface area contributed by atoms with Gasteiger partial charge in [-0.15, -0.1) is 0 Å². The number of carboxylic acids is 1. The summed E-state index contributed by atoms with van der Waals surface area (Å²) in [6.07, 6.45) is 1.22. The third-order valence-corrected chi connectivity index (χ3v) is 6.12. The van der Waals surface area contributed by atoms with E-state index in [4.69, 9.17) is 5.11 Å². The van der Waals surface area contributed by atoms with E-state index in [1.165, 1.54) is 24.3 Å². The lowest BCUT2D eigenvalue weighted by Crippen LogP contribution is -2.27. The summed E-state index contributed by atoms with van der Waals surface area (Å²) in [7, 11) is -3.70. The van der Waals surface area contributed by atoms with E-state index in [9.17, 15) is 18.0 Å². The van der Waals surface area contributed by atoms with Crippen molar-refractivity contribution in [2.24, 2.45) is 0 Å². The van der Waals surface area contributed by atoms with Crippen molar-refractivity contribution in [1.82, 2.24) is 0 Å². The fourth-order valence-electron chi connectivity index (χ4n) is 3.30. The zero-order valence-electron chi connectivity index (χ0n) is 15.2. The van der Waals surface area contributed by atoms with Crippen LogP contribution in [0.5, 0.6) is 0 Å². The first kappa shape index (κ1) is 19.1. The number of rotatable bonds is 5. The molecule has 0 saturated carbocycles. The Morgan fingerprint density at radius 1 is 1.15 bits per heavy atom. The summed E-state index contributed by atoms with van der Waals surface area (Å²) < 4.78 is 27.4. The maximum Gasteiger partial charge on any atom is 0.335 e. The second kappa shape index (κ2) is 6.81. The molecular formula is C20H21NO5S. The van der Waals surface area contributed by atoms with Crippen molar-refractivity contribution < 1.29 is 23.1 Å². The average Bonchev–Trinajstić information content (AvgIpc) is 2.58. The topological polar surface area (TPSA) is 101 Å². The molecule has 6 nitrogen and oxygen atoms in total. The summed E-state index contributed by atoms with van der Waals surface area (Å²) in [6, 6.07) is 10.8. The largest absolute Gasteiger partial charge is 0.478 e. The molecule has 0 amide bonds. The third kappa shape index (κ3) is 4.19. The van der Waals surface area contributed by atoms with Crippen LogP contribution in [0.15, 0.2) is 42.5 Å². The van der Waals surface area contributed by atoms with Crippen LogP contribution in [0.3, 0.4) is 0 Å². The van der Waals surface area contributed by atoms with Gasteiger partial charge in [0, 0.05) is 17.7 Å². The van der Waals surface area contributed by atoms with Gasteiger partial charge in [-0.25, -0.2) is 13.2 Å². The van der Waals surface area contributed by atoms with Crippen LogP contribution in [0, 0.1) is 0 Å². The van der Waals surface area contributed by atoms with Crippen LogP contribution in [0.25, 0.3) is 0 Å². The number of sulfonamides is 1. The summed E-state index contributed by atoms with van der Waals surface area (Å²) in [5.41, 5.74) is 2.31. The SMILES string of the molecule is CC1(C)CCC(=O)c2cc(NS(=O)(=O)Cc3ccc(C(=O)O)cc3)ccc21. The molecule has 0 saturated heterocycles. The van der Waals surface area contributed by atoms with Gasteiger partial charge in [-0.1, -0.05) is 32.0 Å². The van der Waals surface area contributed by atoms with E-state index in [0.717, 1.165) is 12.0 Å². The fraction of sp³-hybridized carbons (Fsp3) is 0.300. The minimum atomic E-state index is -3.70. The van der Waals surface area contributed by atoms with Gasteiger partial charge < -0.3 is 5.11 Å². The Morgan fingerprint density at radius 3 is 2.44 bits per heavy atom. The number of ketones is 1. The Labute approximate surface area is 158 Å². The number of Topliss-reactive ketones (excluding diaryl/α,β-unsaturated/α-hetero) is 1. The maximum atomic E-state index is 12.5. The summed E-state index contributed by atoms with van der Waals surface area (Å²) >= 11 is 0. The standard InChI is InChI=1S/C20H21NO5S/c1-20(2)10-9-18(22)16-11-15(7-8-17(16)20)21-27(25,26)12-13-3-5-14(6-4-13)19(23)24/h3-8,11,21H,9-10,12H2,1-2H3,(H,23,24). The predicted octanol–water partition coefficient (Wildman–Crippen LogP) is 3.58. The fourth-order valence-corrected chi connectivity index (χ4v) is 4.49. The normalized spacial score (nSPS) is 15.9. The van der Waals surface area contributed by atoms with Crippen molar-refractivity contribution >= 4 is 27.5 Å². The molecule has 0 unspecified atom stereocenters. The quantitative estimate of drug-likeness (QED) is 0.817. The lowest BCUT2D eigenvalue weighted by molar-refractivity contribution is 0.0696. The molecule has 3 rings (SSSR count). The van der Waals surface area contributed by atoms with Gasteiger partial charge in [-0.3, -0.25) is 9.52 Å². The Kier molecular flexibility index (Phi) is 4.82. The van der Waals surface area contributed by atoms with Crippen LogP contribution in [0.1, 0.15) is 58.5 Å². The second-order valence-corrected chi connectivity index (χ2v) is 9.15. The molecule has 0 radical (unpaired) electrons. The number of hydrogen-bond acceptors (Lipinski definition) is 4. The van der Waals surface area contributed by atoms with Crippen molar-refractivity contribution in [1.29, 1.82) is 0 Å². The molecule has 0 aliphatic heterocycles. The van der Waals surface area contributed by atoms with E-state index in [2.05, 4.69) is 18.6 Å². The Morgan fingerprint density at radius 2 is 1.81 bits per heavy atom. The Bertz CT molecular complexity index is 1010. The summed E-state index contributed by atoms with van der Waals surface area (Å²) in [5.74, 6) is -1.33. The number of carboxylic acid groups (broad SMARTS) is 1. The predicted molar refractivity (Wildman–Crippen MR) is 103 cm³/mol. The Hall–Kier alpha value is -2.67. The van der Waals surface area contributed by atoms with Crippen molar-refractivity contribution in [2.45, 2.75) is 37.9 Å². The minimum Gasteiger partial charge on any atom is -0.478 e. The first-order valence-electron chi connectivity index (χ1n) is 8.58. The molecule has 0 spiro atoms. The lowest BCUT2D eigenvalue weighted by Gasteiger charge is -2.31. The molecular weight excluding hydrogens is 366 g/mol. The van der Waals surface area contributed by atoms with Gasteiger partial charge in [0.1, 0.15) is 0 Å². The summed E-state index contributed by atoms with van der Waals surface area (Å²) in [4.78, 5) is 23.1. The van der Waals surface area contributed by atoms with E-state index in [-0.39, 0.29) is 22.5 Å². The van der Waals surface area contributed by atoms with E-state index in [0.29, 0.717) is 23.2 Å². The number of carbonyl (C=O) groups is 2. The zero-order chi connectivity index (χ0) is 19.8. The number of fused-ring (bicyclic) bond motifs is 1. The minimum absolute atomic E-state index is 0.0228. The van der Waals surface area contributed by atoms with Gasteiger partial charge in [0.05, 0.1) is 11.3 Å². The molecule has 1 aliphatic rings. The molecule has 0 heterocycles. The van der Waals surface area contributed by atoms with Crippen LogP contribution >= 0.6 is 0 Å². The van der Waals surface area contributed by atoms with Gasteiger partial charge in [-0.2, -0.15) is 0 Å². The molecule has 2 aromatic carbocycles. The first-order valence-corrected chi connectivity index (χ1v) is 10.2. The van der Waals surface area contributed by atoms with Crippen LogP contribution in [-0.4, -0.2) is 25.3 Å². The molecule has 0 bridgehead atoms. The van der Waals surface area contributed by atoms with E-state index in [1.807, 2.05) is 6.07 Å². The van der Waals surface area contributed by atoms with Gasteiger partial charge in [0.2, 0.25) is 10.0 Å². The number of anilines is 1. The smallest absolute Gasteiger partial charge is 0.335 e. The third-order valence-electron chi connectivity index (χ3n) is 4.86. The summed E-state index contributed by atoms with van der Waals surface area (Å²) in [5, 5.41) is 8.90. The van der Waals surface area contributed by atoms with E-state index < -0.39 is 16.0 Å².